The number of nitrogens with zero attached hydrogens (tertiary/aromatic N) is 5. The zero-order valence-electron chi connectivity index (χ0n) is 15.9. The molecule has 0 aliphatic carbocycles. The molecule has 8 heteroatoms. The molecule has 1 aromatic carbocycles. The first-order valence-electron chi connectivity index (χ1n) is 9.39. The number of benzene rings is 1. The summed E-state index contributed by atoms with van der Waals surface area (Å²) in [7, 11) is 0. The highest BCUT2D eigenvalue weighted by Gasteiger charge is 2.14. The molecule has 0 bridgehead atoms. The molecule has 28 heavy (non-hydrogen) atoms. The number of anilines is 2. The van der Waals surface area contributed by atoms with Crippen molar-refractivity contribution in [2.24, 2.45) is 0 Å². The number of ether oxygens (including phenoxy) is 1. The Morgan fingerprint density at radius 3 is 2.61 bits per heavy atom. The van der Waals surface area contributed by atoms with Crippen LogP contribution < -0.4 is 10.6 Å². The molecule has 1 aliphatic rings. The first-order chi connectivity index (χ1) is 13.8. The molecule has 5 rings (SSSR count). The van der Waals surface area contributed by atoms with Crippen LogP contribution in [0.1, 0.15) is 13.8 Å². The zero-order valence-corrected chi connectivity index (χ0v) is 15.9. The molecule has 0 unspecified atom stereocenters. The lowest BCUT2D eigenvalue weighted by molar-refractivity contribution is 0.122. The maximum atomic E-state index is 5.62. The average molecular weight is 378 g/mol. The van der Waals surface area contributed by atoms with Crippen molar-refractivity contribution in [3.05, 3.63) is 36.5 Å². The van der Waals surface area contributed by atoms with Crippen LogP contribution in [0, 0.1) is 0 Å². The first-order valence-corrected chi connectivity index (χ1v) is 9.39. The molecule has 2 N–H and O–H groups in total. The van der Waals surface area contributed by atoms with Crippen molar-refractivity contribution >= 4 is 34.1 Å². The number of nitrogen functional groups attached to an aromatic ring is 1. The minimum atomic E-state index is 0.157. The van der Waals surface area contributed by atoms with Gasteiger partial charge in [-0.3, -0.25) is 0 Å². The summed E-state index contributed by atoms with van der Waals surface area (Å²) in [6.07, 6.45) is 1.79. The van der Waals surface area contributed by atoms with E-state index in [1.54, 1.807) is 6.20 Å². The molecule has 1 fully saturated rings. The van der Waals surface area contributed by atoms with Crippen molar-refractivity contribution in [3.63, 3.8) is 0 Å². The average Bonchev–Trinajstić information content (AvgIpc) is 3.14. The fourth-order valence-corrected chi connectivity index (χ4v) is 3.10. The van der Waals surface area contributed by atoms with E-state index in [1.807, 2.05) is 44.2 Å². The van der Waals surface area contributed by atoms with E-state index in [0.717, 1.165) is 35.7 Å². The number of pyridine rings is 1. The van der Waals surface area contributed by atoms with Gasteiger partial charge in [0.05, 0.1) is 25.1 Å². The number of aromatic nitrogens is 4. The molecule has 4 aromatic rings. The molecule has 8 nitrogen and oxygen atoms in total. The van der Waals surface area contributed by atoms with Crippen molar-refractivity contribution in [2.45, 2.75) is 13.8 Å². The lowest BCUT2D eigenvalue weighted by atomic mass is 10.1. The summed E-state index contributed by atoms with van der Waals surface area (Å²) in [6.45, 7) is 7.02. The SMILES string of the molecule is CC.Nc1nc2cc(-c3ccc4ncc(N5CCOCC5)nc4n3)ccc2o1. The maximum absolute atomic E-state index is 5.62. The van der Waals surface area contributed by atoms with Gasteiger partial charge < -0.3 is 19.8 Å². The molecule has 1 aliphatic heterocycles. The highest BCUT2D eigenvalue weighted by molar-refractivity contribution is 5.82. The minimum Gasteiger partial charge on any atom is -0.424 e. The third-order valence-electron chi connectivity index (χ3n) is 4.43. The van der Waals surface area contributed by atoms with Crippen LogP contribution in [-0.4, -0.2) is 46.2 Å². The molecule has 3 aromatic heterocycles. The van der Waals surface area contributed by atoms with Crippen LogP contribution in [0.2, 0.25) is 0 Å². The lowest BCUT2D eigenvalue weighted by Gasteiger charge is -2.27. The van der Waals surface area contributed by atoms with Crippen LogP contribution in [0.15, 0.2) is 40.9 Å². The number of oxazole rings is 1. The van der Waals surface area contributed by atoms with E-state index in [-0.39, 0.29) is 6.01 Å². The van der Waals surface area contributed by atoms with Crippen LogP contribution in [0.3, 0.4) is 0 Å². The Bertz CT molecular complexity index is 1100. The number of morpholine rings is 1. The maximum Gasteiger partial charge on any atom is 0.292 e. The lowest BCUT2D eigenvalue weighted by Crippen LogP contribution is -2.36. The highest BCUT2D eigenvalue weighted by Crippen LogP contribution is 2.25. The first kappa shape index (κ1) is 18.1. The van der Waals surface area contributed by atoms with Crippen LogP contribution in [0.25, 0.3) is 33.5 Å². The van der Waals surface area contributed by atoms with Gasteiger partial charge in [0.2, 0.25) is 0 Å². The fourth-order valence-electron chi connectivity index (χ4n) is 3.10. The molecule has 0 radical (unpaired) electrons. The Morgan fingerprint density at radius 2 is 1.79 bits per heavy atom. The number of fused-ring (bicyclic) bond motifs is 2. The van der Waals surface area contributed by atoms with Gasteiger partial charge in [-0.1, -0.05) is 13.8 Å². The predicted molar refractivity (Wildman–Crippen MR) is 109 cm³/mol. The highest BCUT2D eigenvalue weighted by atomic mass is 16.5. The molecule has 0 saturated carbocycles. The number of rotatable bonds is 2. The largest absolute Gasteiger partial charge is 0.424 e. The van der Waals surface area contributed by atoms with Gasteiger partial charge in [0.15, 0.2) is 11.2 Å². The van der Waals surface area contributed by atoms with Crippen molar-refractivity contribution < 1.29 is 9.15 Å². The number of hydrogen-bond acceptors (Lipinski definition) is 8. The van der Waals surface area contributed by atoms with Crippen molar-refractivity contribution in [1.82, 2.24) is 19.9 Å². The standard InChI is InChI=1S/C18H16N6O2.C2H6/c19-18-22-14-9-11(1-4-15(14)26-18)12-2-3-13-17(21-12)23-16(10-20-13)24-5-7-25-8-6-24;1-2/h1-4,9-10H,5-8H2,(H2,19,22);1-2H3. The third-order valence-corrected chi connectivity index (χ3v) is 4.43. The Hall–Kier alpha value is -3.26. The Kier molecular flexibility index (Phi) is 5.03. The molecule has 4 heterocycles. The van der Waals surface area contributed by atoms with E-state index >= 15 is 0 Å². The van der Waals surface area contributed by atoms with Gasteiger partial charge in [-0.25, -0.2) is 15.0 Å². The van der Waals surface area contributed by atoms with Gasteiger partial charge in [-0.15, -0.1) is 0 Å². The third kappa shape index (κ3) is 3.46. The van der Waals surface area contributed by atoms with Crippen molar-refractivity contribution in [1.29, 1.82) is 0 Å². The number of nitrogens with two attached hydrogens (primary N) is 1. The molecule has 144 valence electrons. The smallest absolute Gasteiger partial charge is 0.292 e. The van der Waals surface area contributed by atoms with Crippen molar-refractivity contribution in [3.8, 4) is 11.3 Å². The van der Waals surface area contributed by atoms with E-state index in [2.05, 4.69) is 14.9 Å². The van der Waals surface area contributed by atoms with Gasteiger partial charge in [-0.05, 0) is 30.3 Å². The molecular formula is C20H22N6O2. The quantitative estimate of drug-likeness (QED) is 0.567. The molecule has 0 amide bonds. The molecule has 1 saturated heterocycles. The fraction of sp³-hybridized carbons (Fsp3) is 0.300. The van der Waals surface area contributed by atoms with E-state index in [4.69, 9.17) is 24.9 Å². The van der Waals surface area contributed by atoms with E-state index in [9.17, 15) is 0 Å². The van der Waals surface area contributed by atoms with Crippen LogP contribution in [0.4, 0.5) is 11.8 Å². The minimum absolute atomic E-state index is 0.157. The van der Waals surface area contributed by atoms with Crippen LogP contribution in [0.5, 0.6) is 0 Å². The van der Waals surface area contributed by atoms with Crippen LogP contribution >= 0.6 is 0 Å². The van der Waals surface area contributed by atoms with E-state index in [0.29, 0.717) is 30.0 Å². The zero-order chi connectivity index (χ0) is 19.5. The Labute approximate surface area is 162 Å². The summed E-state index contributed by atoms with van der Waals surface area (Å²) >= 11 is 0. The summed E-state index contributed by atoms with van der Waals surface area (Å²) in [5.41, 5.74) is 10.1. The van der Waals surface area contributed by atoms with Gasteiger partial charge in [0.25, 0.3) is 6.01 Å². The van der Waals surface area contributed by atoms with Gasteiger partial charge in [-0.2, -0.15) is 4.98 Å². The second kappa shape index (κ2) is 7.77. The van der Waals surface area contributed by atoms with Crippen molar-refractivity contribution in [2.75, 3.05) is 36.9 Å². The summed E-state index contributed by atoms with van der Waals surface area (Å²) < 4.78 is 10.7. The monoisotopic (exact) mass is 378 g/mol. The Balaban J connectivity index is 0.000000932. The normalized spacial score (nSPS) is 14.1. The molecule has 0 spiro atoms. The Morgan fingerprint density at radius 1 is 0.964 bits per heavy atom. The number of hydrogen-bond donors (Lipinski definition) is 1. The van der Waals surface area contributed by atoms with Gasteiger partial charge >= 0.3 is 0 Å². The molecule has 0 atom stereocenters. The summed E-state index contributed by atoms with van der Waals surface area (Å²) in [5.74, 6) is 0.824. The van der Waals surface area contributed by atoms with Gasteiger partial charge in [0, 0.05) is 18.7 Å². The van der Waals surface area contributed by atoms with E-state index < -0.39 is 0 Å². The summed E-state index contributed by atoms with van der Waals surface area (Å²) in [4.78, 5) is 20.2. The topological polar surface area (TPSA) is 103 Å². The van der Waals surface area contributed by atoms with Crippen LogP contribution in [-0.2, 0) is 4.74 Å². The second-order valence-electron chi connectivity index (χ2n) is 6.10. The molecular weight excluding hydrogens is 356 g/mol. The second-order valence-corrected chi connectivity index (χ2v) is 6.10. The summed E-state index contributed by atoms with van der Waals surface area (Å²) in [6, 6.07) is 9.69. The predicted octanol–water partition coefficient (Wildman–Crippen LogP) is 3.28. The summed E-state index contributed by atoms with van der Waals surface area (Å²) in [5, 5.41) is 0. The van der Waals surface area contributed by atoms with E-state index in [1.165, 1.54) is 0 Å². The van der Waals surface area contributed by atoms with Gasteiger partial charge in [0.1, 0.15) is 16.9 Å².